The number of ether oxygens (including phenoxy) is 2. The molecule has 0 radical (unpaired) electrons. The molecule has 0 aliphatic heterocycles. The summed E-state index contributed by atoms with van der Waals surface area (Å²) in [7, 11) is 0. The van der Waals surface area contributed by atoms with Gasteiger partial charge in [-0.15, -0.1) is 0 Å². The molecule has 4 nitrogen and oxygen atoms in total. The van der Waals surface area contributed by atoms with Gasteiger partial charge in [-0.2, -0.15) is 0 Å². The minimum absolute atomic E-state index is 0.130. The Labute approximate surface area is 169 Å². The molecule has 7 atom stereocenters. The van der Waals surface area contributed by atoms with Crippen molar-refractivity contribution < 1.29 is 19.1 Å². The van der Waals surface area contributed by atoms with E-state index in [4.69, 9.17) is 9.47 Å². The van der Waals surface area contributed by atoms with Gasteiger partial charge in [-0.25, -0.2) is 0 Å². The third-order valence-electron chi connectivity index (χ3n) is 8.86. The van der Waals surface area contributed by atoms with Gasteiger partial charge in [-0.1, -0.05) is 18.1 Å². The standard InChI is InChI=1S/C24H36O4/c1-14-17(13-27-15(2)25)11-22-20(14)7-8-23-21(22)6-5-18-12-19(28-16(3)26)9-10-24(18,23)4/h17-19,21-23H,5-13H2,1-4H3/t17-,18-,19-,21-,22+,23-,24-/m0/s1. The molecular weight excluding hydrogens is 352 g/mol. The van der Waals surface area contributed by atoms with E-state index >= 15 is 0 Å². The number of esters is 2. The zero-order valence-electron chi connectivity index (χ0n) is 18.0. The lowest BCUT2D eigenvalue weighted by atomic mass is 9.47. The lowest BCUT2D eigenvalue weighted by Crippen LogP contribution is -2.51. The molecule has 28 heavy (non-hydrogen) atoms. The Bertz CT molecular complexity index is 680. The van der Waals surface area contributed by atoms with Gasteiger partial charge >= 0.3 is 11.9 Å². The Morgan fingerprint density at radius 3 is 2.57 bits per heavy atom. The van der Waals surface area contributed by atoms with Crippen LogP contribution in [0.15, 0.2) is 11.1 Å². The highest BCUT2D eigenvalue weighted by Gasteiger charge is 2.55. The molecule has 0 bridgehead atoms. The number of carbonyl (C=O) groups excluding carboxylic acids is 2. The van der Waals surface area contributed by atoms with E-state index < -0.39 is 0 Å². The number of fused-ring (bicyclic) bond motifs is 5. The fourth-order valence-corrected chi connectivity index (χ4v) is 7.49. The second-order valence-corrected chi connectivity index (χ2v) is 10.1. The maximum atomic E-state index is 11.4. The van der Waals surface area contributed by atoms with Gasteiger partial charge in [-0.3, -0.25) is 9.59 Å². The van der Waals surface area contributed by atoms with Crippen molar-refractivity contribution in [3.63, 3.8) is 0 Å². The summed E-state index contributed by atoms with van der Waals surface area (Å²) in [6.45, 7) is 8.42. The summed E-state index contributed by atoms with van der Waals surface area (Å²) in [4.78, 5) is 22.7. The first-order valence-electron chi connectivity index (χ1n) is 11.3. The van der Waals surface area contributed by atoms with Gasteiger partial charge in [0.25, 0.3) is 0 Å². The fourth-order valence-electron chi connectivity index (χ4n) is 7.49. The van der Waals surface area contributed by atoms with Crippen LogP contribution in [0.4, 0.5) is 0 Å². The first kappa shape index (κ1) is 20.0. The second-order valence-electron chi connectivity index (χ2n) is 10.1. The topological polar surface area (TPSA) is 52.6 Å². The van der Waals surface area contributed by atoms with Crippen LogP contribution in [-0.4, -0.2) is 24.6 Å². The van der Waals surface area contributed by atoms with Crippen molar-refractivity contribution in [2.24, 2.45) is 35.0 Å². The van der Waals surface area contributed by atoms with Crippen molar-refractivity contribution >= 4 is 11.9 Å². The van der Waals surface area contributed by atoms with Gasteiger partial charge in [0, 0.05) is 19.8 Å². The van der Waals surface area contributed by atoms with E-state index in [1.165, 1.54) is 57.9 Å². The van der Waals surface area contributed by atoms with Gasteiger partial charge < -0.3 is 9.47 Å². The molecule has 0 heterocycles. The van der Waals surface area contributed by atoms with Crippen LogP contribution in [-0.2, 0) is 19.1 Å². The molecule has 156 valence electrons. The number of rotatable bonds is 3. The molecule has 0 amide bonds. The third kappa shape index (κ3) is 3.41. The minimum atomic E-state index is -0.164. The molecule has 0 spiro atoms. The van der Waals surface area contributed by atoms with Crippen LogP contribution in [0.5, 0.6) is 0 Å². The van der Waals surface area contributed by atoms with Crippen molar-refractivity contribution in [2.75, 3.05) is 6.61 Å². The monoisotopic (exact) mass is 388 g/mol. The molecule has 4 aliphatic carbocycles. The van der Waals surface area contributed by atoms with Crippen molar-refractivity contribution in [3.05, 3.63) is 11.1 Å². The van der Waals surface area contributed by atoms with Crippen LogP contribution >= 0.6 is 0 Å². The average Bonchev–Trinajstić information content (AvgIpc) is 2.96. The molecule has 0 aromatic heterocycles. The van der Waals surface area contributed by atoms with E-state index in [0.29, 0.717) is 29.8 Å². The van der Waals surface area contributed by atoms with E-state index in [1.807, 2.05) is 0 Å². The van der Waals surface area contributed by atoms with Crippen molar-refractivity contribution in [2.45, 2.75) is 85.2 Å². The highest BCUT2D eigenvalue weighted by Crippen LogP contribution is 2.63. The fraction of sp³-hybridized carbons (Fsp3) is 0.833. The summed E-state index contributed by atoms with van der Waals surface area (Å²) >= 11 is 0. The third-order valence-corrected chi connectivity index (χ3v) is 8.86. The van der Waals surface area contributed by atoms with E-state index in [2.05, 4.69) is 13.8 Å². The van der Waals surface area contributed by atoms with E-state index in [-0.39, 0.29) is 18.0 Å². The first-order chi connectivity index (χ1) is 13.3. The quantitative estimate of drug-likeness (QED) is 0.501. The lowest BCUT2D eigenvalue weighted by molar-refractivity contribution is -0.155. The molecule has 0 unspecified atom stereocenters. The van der Waals surface area contributed by atoms with Crippen LogP contribution in [0.2, 0.25) is 0 Å². The molecule has 0 saturated heterocycles. The van der Waals surface area contributed by atoms with Crippen LogP contribution < -0.4 is 0 Å². The van der Waals surface area contributed by atoms with Crippen molar-refractivity contribution in [1.82, 2.24) is 0 Å². The number of carbonyl (C=O) groups is 2. The maximum Gasteiger partial charge on any atom is 0.302 e. The molecule has 3 saturated carbocycles. The highest BCUT2D eigenvalue weighted by atomic mass is 16.5. The molecule has 0 aromatic rings. The Morgan fingerprint density at radius 2 is 1.86 bits per heavy atom. The van der Waals surface area contributed by atoms with Gasteiger partial charge in [0.1, 0.15) is 6.10 Å². The summed E-state index contributed by atoms with van der Waals surface area (Å²) in [5.74, 6) is 3.09. The van der Waals surface area contributed by atoms with Crippen LogP contribution in [0.3, 0.4) is 0 Å². The molecule has 4 heteroatoms. The molecule has 0 aromatic carbocycles. The predicted octanol–water partition coefficient (Wildman–Crippen LogP) is 5.06. The van der Waals surface area contributed by atoms with Gasteiger partial charge in [0.2, 0.25) is 0 Å². The molecule has 4 aliphatic rings. The lowest BCUT2D eigenvalue weighted by Gasteiger charge is -2.58. The Kier molecular flexibility index (Phi) is 5.35. The van der Waals surface area contributed by atoms with E-state index in [9.17, 15) is 9.59 Å². The summed E-state index contributed by atoms with van der Waals surface area (Å²) < 4.78 is 11.0. The highest BCUT2D eigenvalue weighted by molar-refractivity contribution is 5.66. The summed E-state index contributed by atoms with van der Waals surface area (Å²) in [6, 6.07) is 0. The first-order valence-corrected chi connectivity index (χ1v) is 11.3. The zero-order chi connectivity index (χ0) is 20.1. The summed E-state index contributed by atoms with van der Waals surface area (Å²) in [5, 5.41) is 0. The number of hydrogen-bond acceptors (Lipinski definition) is 4. The minimum Gasteiger partial charge on any atom is -0.465 e. The van der Waals surface area contributed by atoms with E-state index in [1.54, 1.807) is 5.57 Å². The second kappa shape index (κ2) is 7.50. The normalized spacial score (nSPS) is 42.3. The van der Waals surface area contributed by atoms with Crippen molar-refractivity contribution in [1.29, 1.82) is 0 Å². The van der Waals surface area contributed by atoms with Crippen LogP contribution in [0, 0.1) is 35.0 Å². The SMILES string of the molecule is CC(=O)OC[C@@H]1C[C@@H]2C(=C1C)CC[C@H]1[C@H]2CC[C@H]2C[C@@H](OC(C)=O)CC[C@@]21C. The Balaban J connectivity index is 1.48. The molecule has 4 rings (SSSR count). The number of hydrogen-bond donors (Lipinski definition) is 0. The average molecular weight is 389 g/mol. The number of allylic oxidation sites excluding steroid dienone is 1. The predicted molar refractivity (Wildman–Crippen MR) is 107 cm³/mol. The van der Waals surface area contributed by atoms with Crippen LogP contribution in [0.25, 0.3) is 0 Å². The van der Waals surface area contributed by atoms with Crippen molar-refractivity contribution in [3.8, 4) is 0 Å². The van der Waals surface area contributed by atoms with Gasteiger partial charge in [0.15, 0.2) is 0 Å². The Hall–Kier alpha value is -1.32. The summed E-state index contributed by atoms with van der Waals surface area (Å²) in [6.07, 6.45) is 9.69. The van der Waals surface area contributed by atoms with Gasteiger partial charge in [-0.05, 0) is 87.4 Å². The smallest absolute Gasteiger partial charge is 0.302 e. The molecule has 3 fully saturated rings. The van der Waals surface area contributed by atoms with Crippen LogP contribution in [0.1, 0.15) is 79.1 Å². The molecule has 0 N–H and O–H groups in total. The zero-order valence-corrected chi connectivity index (χ0v) is 18.0. The Morgan fingerprint density at radius 1 is 1.07 bits per heavy atom. The largest absolute Gasteiger partial charge is 0.465 e. The summed E-state index contributed by atoms with van der Waals surface area (Å²) in [5.41, 5.74) is 3.59. The molecular formula is C24H36O4. The maximum absolute atomic E-state index is 11.4. The van der Waals surface area contributed by atoms with Gasteiger partial charge in [0.05, 0.1) is 6.61 Å². The van der Waals surface area contributed by atoms with E-state index in [0.717, 1.165) is 24.7 Å².